The lowest BCUT2D eigenvalue weighted by molar-refractivity contribution is -0.129. The predicted molar refractivity (Wildman–Crippen MR) is 140 cm³/mol. The predicted octanol–water partition coefficient (Wildman–Crippen LogP) is 5.84. The third kappa shape index (κ3) is 5.35. The summed E-state index contributed by atoms with van der Waals surface area (Å²) < 4.78 is 5.61. The molecule has 1 heterocycles. The average Bonchev–Trinajstić information content (AvgIpc) is 3.38. The van der Waals surface area contributed by atoms with Crippen LogP contribution in [0.2, 0.25) is 0 Å². The highest BCUT2D eigenvalue weighted by atomic mass is 16.3. The van der Waals surface area contributed by atoms with Crippen molar-refractivity contribution in [2.24, 2.45) is 0 Å². The summed E-state index contributed by atoms with van der Waals surface area (Å²) in [7, 11) is 0. The van der Waals surface area contributed by atoms with E-state index < -0.39 is 5.54 Å². The van der Waals surface area contributed by atoms with Gasteiger partial charge < -0.3 is 20.0 Å². The highest BCUT2D eigenvalue weighted by Gasteiger charge is 2.47. The first-order valence-corrected chi connectivity index (χ1v) is 12.4. The number of aryl methyl sites for hydroxylation is 2. The van der Waals surface area contributed by atoms with E-state index in [9.17, 15) is 14.4 Å². The standard InChI is InChI=1S/C29H33N3O4/c1-20-9-7-10-21(2)26(20)31-28(35)29(16-5-4-6-17-29)32(19-25-11-8-18-36-25)27(34)23-12-14-24(15-13-23)30-22(3)33/h7-15,18H,4-6,16-17,19H2,1-3H3,(H,30,33)(H,31,35). The maximum atomic E-state index is 14.1. The van der Waals surface area contributed by atoms with E-state index >= 15 is 0 Å². The van der Waals surface area contributed by atoms with Gasteiger partial charge in [-0.15, -0.1) is 0 Å². The maximum Gasteiger partial charge on any atom is 0.255 e. The molecule has 7 heteroatoms. The molecule has 3 amide bonds. The number of benzene rings is 2. The Labute approximate surface area is 211 Å². The van der Waals surface area contributed by atoms with Crippen LogP contribution in [0.1, 0.15) is 66.3 Å². The Morgan fingerprint density at radius 2 is 1.56 bits per heavy atom. The van der Waals surface area contributed by atoms with Crippen molar-refractivity contribution < 1.29 is 18.8 Å². The molecule has 0 bridgehead atoms. The minimum Gasteiger partial charge on any atom is -0.467 e. The molecule has 0 unspecified atom stereocenters. The monoisotopic (exact) mass is 487 g/mol. The smallest absolute Gasteiger partial charge is 0.255 e. The molecule has 4 rings (SSSR count). The molecule has 1 aromatic heterocycles. The molecule has 1 saturated carbocycles. The summed E-state index contributed by atoms with van der Waals surface area (Å²) in [6, 6.07) is 16.3. The van der Waals surface area contributed by atoms with Gasteiger partial charge in [0, 0.05) is 23.9 Å². The molecule has 7 nitrogen and oxygen atoms in total. The zero-order valence-corrected chi connectivity index (χ0v) is 21.1. The van der Waals surface area contributed by atoms with E-state index in [0.717, 1.165) is 36.1 Å². The molecule has 1 aliphatic carbocycles. The Morgan fingerprint density at radius 3 is 2.14 bits per heavy atom. The van der Waals surface area contributed by atoms with Crippen molar-refractivity contribution in [2.45, 2.75) is 65.0 Å². The number of rotatable bonds is 7. The highest BCUT2D eigenvalue weighted by Crippen LogP contribution is 2.38. The van der Waals surface area contributed by atoms with E-state index in [1.807, 2.05) is 38.1 Å². The molecule has 0 atom stereocenters. The fourth-order valence-electron chi connectivity index (χ4n) is 5.03. The molecule has 36 heavy (non-hydrogen) atoms. The van der Waals surface area contributed by atoms with Crippen molar-refractivity contribution in [1.29, 1.82) is 0 Å². The molecule has 0 saturated heterocycles. The van der Waals surface area contributed by atoms with E-state index in [-0.39, 0.29) is 24.3 Å². The lowest BCUT2D eigenvalue weighted by Gasteiger charge is -2.45. The number of nitrogens with one attached hydrogen (secondary N) is 2. The topological polar surface area (TPSA) is 91.7 Å². The maximum absolute atomic E-state index is 14.1. The van der Waals surface area contributed by atoms with E-state index in [1.54, 1.807) is 41.5 Å². The average molecular weight is 488 g/mol. The molecule has 0 radical (unpaired) electrons. The Hall–Kier alpha value is -3.87. The van der Waals surface area contributed by atoms with Gasteiger partial charge in [-0.3, -0.25) is 14.4 Å². The lowest BCUT2D eigenvalue weighted by Crippen LogP contribution is -2.59. The number of carbonyl (C=O) groups is 3. The van der Waals surface area contributed by atoms with Gasteiger partial charge in [-0.05, 0) is 74.2 Å². The van der Waals surface area contributed by atoms with Crippen LogP contribution < -0.4 is 10.6 Å². The van der Waals surface area contributed by atoms with Crippen molar-refractivity contribution in [2.75, 3.05) is 10.6 Å². The summed E-state index contributed by atoms with van der Waals surface area (Å²) in [5.41, 5.74) is 2.78. The number of hydrogen-bond acceptors (Lipinski definition) is 4. The Balaban J connectivity index is 1.73. The Morgan fingerprint density at radius 1 is 0.889 bits per heavy atom. The Bertz CT molecular complexity index is 1210. The van der Waals surface area contributed by atoms with Crippen LogP contribution in [0.15, 0.2) is 65.3 Å². The zero-order valence-electron chi connectivity index (χ0n) is 21.1. The van der Waals surface area contributed by atoms with Gasteiger partial charge in [0.25, 0.3) is 5.91 Å². The molecule has 1 fully saturated rings. The summed E-state index contributed by atoms with van der Waals surface area (Å²) in [6.45, 7) is 5.56. The Kier molecular flexibility index (Phi) is 7.58. The van der Waals surface area contributed by atoms with Gasteiger partial charge in [-0.2, -0.15) is 0 Å². The summed E-state index contributed by atoms with van der Waals surface area (Å²) in [4.78, 5) is 41.2. The highest BCUT2D eigenvalue weighted by molar-refractivity contribution is 6.04. The molecule has 0 spiro atoms. The van der Waals surface area contributed by atoms with Gasteiger partial charge in [0.15, 0.2) is 0 Å². The number of amides is 3. The molecule has 3 aromatic rings. The number of para-hydroxylation sites is 1. The largest absolute Gasteiger partial charge is 0.467 e. The van der Waals surface area contributed by atoms with E-state index in [4.69, 9.17) is 4.42 Å². The van der Waals surface area contributed by atoms with E-state index in [2.05, 4.69) is 10.6 Å². The second kappa shape index (κ2) is 10.8. The first-order valence-electron chi connectivity index (χ1n) is 12.4. The third-order valence-electron chi connectivity index (χ3n) is 6.93. The van der Waals surface area contributed by atoms with Crippen LogP contribution in [-0.2, 0) is 16.1 Å². The quantitative estimate of drug-likeness (QED) is 0.438. The first kappa shape index (κ1) is 25.2. The van der Waals surface area contributed by atoms with E-state index in [0.29, 0.717) is 29.9 Å². The molecular weight excluding hydrogens is 454 g/mol. The fourth-order valence-corrected chi connectivity index (χ4v) is 5.03. The normalized spacial score (nSPS) is 14.6. The summed E-state index contributed by atoms with van der Waals surface area (Å²) in [6.07, 6.45) is 5.44. The summed E-state index contributed by atoms with van der Waals surface area (Å²) in [5.74, 6) is 0.00888. The van der Waals surface area contributed by atoms with Crippen molar-refractivity contribution in [3.63, 3.8) is 0 Å². The van der Waals surface area contributed by atoms with Crippen molar-refractivity contribution >= 4 is 29.1 Å². The fraction of sp³-hybridized carbons (Fsp3) is 0.345. The molecular formula is C29H33N3O4. The van der Waals surface area contributed by atoms with Gasteiger partial charge in [0.05, 0.1) is 12.8 Å². The number of nitrogens with zero attached hydrogens (tertiary/aromatic N) is 1. The van der Waals surface area contributed by atoms with Crippen LogP contribution in [0.3, 0.4) is 0 Å². The summed E-state index contributed by atoms with van der Waals surface area (Å²) in [5, 5.41) is 5.90. The van der Waals surface area contributed by atoms with E-state index in [1.165, 1.54) is 6.92 Å². The number of furan rings is 1. The number of carbonyl (C=O) groups excluding carboxylic acids is 3. The molecule has 2 aromatic carbocycles. The van der Waals surface area contributed by atoms with Gasteiger partial charge >= 0.3 is 0 Å². The second-order valence-electron chi connectivity index (χ2n) is 9.54. The van der Waals surface area contributed by atoms with Crippen molar-refractivity contribution in [3.8, 4) is 0 Å². The van der Waals surface area contributed by atoms with Crippen LogP contribution in [0.4, 0.5) is 11.4 Å². The number of hydrogen-bond donors (Lipinski definition) is 2. The molecule has 2 N–H and O–H groups in total. The molecule has 0 aliphatic heterocycles. The van der Waals surface area contributed by atoms with Crippen LogP contribution >= 0.6 is 0 Å². The molecule has 1 aliphatic rings. The zero-order chi connectivity index (χ0) is 25.7. The van der Waals surface area contributed by atoms with Gasteiger partial charge in [0.1, 0.15) is 11.3 Å². The van der Waals surface area contributed by atoms with Crippen molar-refractivity contribution in [1.82, 2.24) is 4.90 Å². The lowest BCUT2D eigenvalue weighted by atomic mass is 9.78. The number of anilines is 2. The van der Waals surface area contributed by atoms with Crippen molar-refractivity contribution in [3.05, 3.63) is 83.3 Å². The SMILES string of the molecule is CC(=O)Nc1ccc(C(=O)N(Cc2ccco2)C2(C(=O)Nc3c(C)cccc3C)CCCCC2)cc1. The van der Waals surface area contributed by atoms with Gasteiger partial charge in [0.2, 0.25) is 11.8 Å². The van der Waals surface area contributed by atoms with Gasteiger partial charge in [-0.1, -0.05) is 37.5 Å². The minimum atomic E-state index is -1.02. The van der Waals surface area contributed by atoms with Crippen LogP contribution in [0.25, 0.3) is 0 Å². The summed E-state index contributed by atoms with van der Waals surface area (Å²) >= 11 is 0. The minimum absolute atomic E-state index is 0.172. The van der Waals surface area contributed by atoms with Gasteiger partial charge in [-0.25, -0.2) is 0 Å². The first-order chi connectivity index (χ1) is 17.3. The molecule has 188 valence electrons. The van der Waals surface area contributed by atoms with Crippen LogP contribution in [0, 0.1) is 13.8 Å². The van der Waals surface area contributed by atoms with Crippen LogP contribution in [0.5, 0.6) is 0 Å². The van der Waals surface area contributed by atoms with Crippen LogP contribution in [-0.4, -0.2) is 28.2 Å². The second-order valence-corrected chi connectivity index (χ2v) is 9.54. The third-order valence-corrected chi connectivity index (χ3v) is 6.93.